The number of benzene rings is 1. The molecule has 0 amide bonds. The topological polar surface area (TPSA) is 101 Å². The van der Waals surface area contributed by atoms with Crippen molar-refractivity contribution < 1.29 is 22.5 Å². The SMILES string of the molecule is CS(=O)CCNS(=O)(=O)c1ccc(C2(C(=O)O)CC2)cc1. The van der Waals surface area contributed by atoms with Gasteiger partial charge in [0.2, 0.25) is 10.0 Å². The van der Waals surface area contributed by atoms with E-state index in [4.69, 9.17) is 0 Å². The Morgan fingerprint density at radius 3 is 2.33 bits per heavy atom. The Hall–Kier alpha value is -1.25. The summed E-state index contributed by atoms with van der Waals surface area (Å²) in [5.41, 5.74) is -0.210. The molecule has 6 nitrogen and oxygen atoms in total. The summed E-state index contributed by atoms with van der Waals surface area (Å²) in [6.07, 6.45) is 2.66. The summed E-state index contributed by atoms with van der Waals surface area (Å²) in [4.78, 5) is 11.3. The number of sulfonamides is 1. The van der Waals surface area contributed by atoms with Crippen molar-refractivity contribution in [3.63, 3.8) is 0 Å². The molecule has 0 aromatic heterocycles. The van der Waals surface area contributed by atoms with E-state index in [1.165, 1.54) is 18.4 Å². The van der Waals surface area contributed by atoms with E-state index >= 15 is 0 Å². The zero-order valence-corrected chi connectivity index (χ0v) is 13.2. The van der Waals surface area contributed by atoms with Crippen LogP contribution in [-0.2, 0) is 31.0 Å². The molecule has 21 heavy (non-hydrogen) atoms. The maximum Gasteiger partial charge on any atom is 0.314 e. The molecular formula is C13H17NO5S2. The van der Waals surface area contributed by atoms with Gasteiger partial charge in [0.15, 0.2) is 0 Å². The predicted octanol–water partition coefficient (Wildman–Crippen LogP) is 0.460. The summed E-state index contributed by atoms with van der Waals surface area (Å²) in [7, 11) is -4.71. The van der Waals surface area contributed by atoms with E-state index in [1.807, 2.05) is 0 Å². The fourth-order valence-corrected chi connectivity index (χ4v) is 3.66. The molecule has 1 saturated carbocycles. The fourth-order valence-electron chi connectivity index (χ4n) is 2.11. The van der Waals surface area contributed by atoms with Crippen LogP contribution < -0.4 is 4.72 Å². The van der Waals surface area contributed by atoms with E-state index in [1.54, 1.807) is 12.1 Å². The molecule has 0 radical (unpaired) electrons. The summed E-state index contributed by atoms with van der Waals surface area (Å²) in [5, 5.41) is 9.20. The monoisotopic (exact) mass is 331 g/mol. The molecular weight excluding hydrogens is 314 g/mol. The summed E-state index contributed by atoms with van der Waals surface area (Å²) < 4.78 is 37.3. The van der Waals surface area contributed by atoms with Crippen LogP contribution in [0.15, 0.2) is 29.2 Å². The first-order chi connectivity index (χ1) is 9.78. The van der Waals surface area contributed by atoms with E-state index in [0.29, 0.717) is 18.4 Å². The van der Waals surface area contributed by atoms with Gasteiger partial charge < -0.3 is 5.11 Å². The first kappa shape index (κ1) is 16.1. The van der Waals surface area contributed by atoms with Crippen LogP contribution in [0.2, 0.25) is 0 Å². The zero-order chi connectivity index (χ0) is 15.7. The van der Waals surface area contributed by atoms with Gasteiger partial charge in [-0.25, -0.2) is 13.1 Å². The lowest BCUT2D eigenvalue weighted by atomic mass is 9.96. The molecule has 0 saturated heterocycles. The third kappa shape index (κ3) is 3.50. The third-order valence-corrected chi connectivity index (χ3v) is 5.81. The van der Waals surface area contributed by atoms with Gasteiger partial charge in [-0.1, -0.05) is 12.1 Å². The average Bonchev–Trinajstić information content (AvgIpc) is 3.19. The Balaban J connectivity index is 2.12. The van der Waals surface area contributed by atoms with Crippen LogP contribution in [0, 0.1) is 0 Å². The molecule has 2 N–H and O–H groups in total. The number of nitrogens with one attached hydrogen (secondary N) is 1. The lowest BCUT2D eigenvalue weighted by Crippen LogP contribution is -2.28. The standard InChI is InChI=1S/C13H17NO5S2/c1-20(17)9-8-14-21(18,19)11-4-2-10(3-5-11)13(6-7-13)12(15)16/h2-5,14H,6-9H2,1H3,(H,15,16). The molecule has 1 aliphatic rings. The molecule has 1 aromatic rings. The number of carboxylic acid groups (broad SMARTS) is 1. The number of hydrogen-bond donors (Lipinski definition) is 2. The van der Waals surface area contributed by atoms with Crippen LogP contribution in [-0.4, -0.2) is 42.3 Å². The van der Waals surface area contributed by atoms with Crippen molar-refractivity contribution in [1.82, 2.24) is 4.72 Å². The van der Waals surface area contributed by atoms with Gasteiger partial charge in [-0.15, -0.1) is 0 Å². The lowest BCUT2D eigenvalue weighted by Gasteiger charge is -2.11. The minimum atomic E-state index is -3.65. The van der Waals surface area contributed by atoms with Crippen molar-refractivity contribution in [2.24, 2.45) is 0 Å². The van der Waals surface area contributed by atoms with Gasteiger partial charge in [0.05, 0.1) is 10.3 Å². The van der Waals surface area contributed by atoms with Gasteiger partial charge in [0.1, 0.15) is 0 Å². The predicted molar refractivity (Wildman–Crippen MR) is 79.1 cm³/mol. The smallest absolute Gasteiger partial charge is 0.314 e. The maximum absolute atomic E-state index is 12.0. The Morgan fingerprint density at radius 2 is 1.90 bits per heavy atom. The summed E-state index contributed by atoms with van der Waals surface area (Å²) in [6.45, 7) is 0.103. The molecule has 1 aliphatic carbocycles. The van der Waals surface area contributed by atoms with Crippen LogP contribution in [0.5, 0.6) is 0 Å². The molecule has 2 rings (SSSR count). The van der Waals surface area contributed by atoms with E-state index in [-0.39, 0.29) is 17.2 Å². The summed E-state index contributed by atoms with van der Waals surface area (Å²) in [5.74, 6) is -0.624. The molecule has 0 spiro atoms. The van der Waals surface area contributed by atoms with Crippen LogP contribution in [0.4, 0.5) is 0 Å². The molecule has 8 heteroatoms. The summed E-state index contributed by atoms with van der Waals surface area (Å²) in [6, 6.07) is 5.91. The zero-order valence-electron chi connectivity index (χ0n) is 11.5. The first-order valence-corrected chi connectivity index (χ1v) is 9.63. The molecule has 1 atom stereocenters. The van der Waals surface area contributed by atoms with Crippen molar-refractivity contribution >= 4 is 26.8 Å². The highest BCUT2D eigenvalue weighted by Crippen LogP contribution is 2.48. The second-order valence-electron chi connectivity index (χ2n) is 5.09. The van der Waals surface area contributed by atoms with E-state index in [0.717, 1.165) is 0 Å². The number of aliphatic carboxylic acids is 1. The minimum Gasteiger partial charge on any atom is -0.481 e. The molecule has 1 aromatic carbocycles. The Kier molecular flexibility index (Phi) is 4.50. The summed E-state index contributed by atoms with van der Waals surface area (Å²) >= 11 is 0. The van der Waals surface area contributed by atoms with Crippen LogP contribution >= 0.6 is 0 Å². The molecule has 116 valence electrons. The second kappa shape index (κ2) is 5.86. The van der Waals surface area contributed by atoms with Gasteiger partial charge in [-0.2, -0.15) is 0 Å². The molecule has 1 fully saturated rings. The highest BCUT2D eigenvalue weighted by atomic mass is 32.2. The van der Waals surface area contributed by atoms with Crippen molar-refractivity contribution in [3.05, 3.63) is 29.8 Å². The maximum atomic E-state index is 12.0. The Bertz CT molecular complexity index is 662. The molecule has 0 heterocycles. The van der Waals surface area contributed by atoms with Crippen LogP contribution in [0.25, 0.3) is 0 Å². The molecule has 1 unspecified atom stereocenters. The fraction of sp³-hybridized carbons (Fsp3) is 0.462. The Morgan fingerprint density at radius 1 is 1.33 bits per heavy atom. The van der Waals surface area contributed by atoms with E-state index in [9.17, 15) is 22.5 Å². The average molecular weight is 331 g/mol. The third-order valence-electron chi connectivity index (χ3n) is 3.56. The van der Waals surface area contributed by atoms with E-state index < -0.39 is 32.2 Å². The van der Waals surface area contributed by atoms with Gasteiger partial charge in [0, 0.05) is 29.4 Å². The first-order valence-electron chi connectivity index (χ1n) is 6.41. The lowest BCUT2D eigenvalue weighted by molar-refractivity contribution is -0.140. The highest BCUT2D eigenvalue weighted by Gasteiger charge is 2.51. The largest absolute Gasteiger partial charge is 0.481 e. The molecule has 0 aliphatic heterocycles. The van der Waals surface area contributed by atoms with E-state index in [2.05, 4.69) is 4.72 Å². The quantitative estimate of drug-likeness (QED) is 0.756. The van der Waals surface area contributed by atoms with Gasteiger partial charge in [0.25, 0.3) is 0 Å². The normalized spacial score (nSPS) is 18.1. The number of hydrogen-bond acceptors (Lipinski definition) is 4. The molecule has 0 bridgehead atoms. The van der Waals surface area contributed by atoms with Crippen LogP contribution in [0.1, 0.15) is 18.4 Å². The van der Waals surface area contributed by atoms with Crippen molar-refractivity contribution in [3.8, 4) is 0 Å². The Labute approximate surface area is 126 Å². The highest BCUT2D eigenvalue weighted by molar-refractivity contribution is 7.89. The number of rotatable bonds is 7. The van der Waals surface area contributed by atoms with Crippen molar-refractivity contribution in [2.75, 3.05) is 18.6 Å². The number of carboxylic acids is 1. The van der Waals surface area contributed by atoms with Crippen LogP contribution in [0.3, 0.4) is 0 Å². The van der Waals surface area contributed by atoms with Crippen molar-refractivity contribution in [2.45, 2.75) is 23.2 Å². The van der Waals surface area contributed by atoms with Crippen molar-refractivity contribution in [1.29, 1.82) is 0 Å². The van der Waals surface area contributed by atoms with Gasteiger partial charge >= 0.3 is 5.97 Å². The van der Waals surface area contributed by atoms with Gasteiger partial charge in [-0.3, -0.25) is 9.00 Å². The minimum absolute atomic E-state index is 0.0781. The number of carbonyl (C=O) groups is 1. The second-order valence-corrected chi connectivity index (χ2v) is 8.41. The van der Waals surface area contributed by atoms with Gasteiger partial charge in [-0.05, 0) is 30.5 Å².